The second-order valence-electron chi connectivity index (χ2n) is 9.94. The van der Waals surface area contributed by atoms with E-state index in [1.54, 1.807) is 23.7 Å². The number of ether oxygens (including phenoxy) is 2. The Morgan fingerprint density at radius 1 is 1.23 bits per heavy atom. The van der Waals surface area contributed by atoms with Gasteiger partial charge in [-0.1, -0.05) is 20.3 Å². The van der Waals surface area contributed by atoms with Gasteiger partial charge in [0.2, 0.25) is 0 Å². The normalized spacial score (nSPS) is 17.2. The molecule has 1 aromatic heterocycles. The van der Waals surface area contributed by atoms with E-state index in [4.69, 9.17) is 14.0 Å². The van der Waals surface area contributed by atoms with Gasteiger partial charge in [0.05, 0.1) is 6.10 Å². The molecule has 1 aliphatic rings. The Balaban J connectivity index is 1.54. The molecule has 1 aromatic carbocycles. The first-order valence-corrected chi connectivity index (χ1v) is 13.6. The summed E-state index contributed by atoms with van der Waals surface area (Å²) < 4.78 is 29.6. The van der Waals surface area contributed by atoms with Gasteiger partial charge in [0.25, 0.3) is 5.89 Å². The Kier molecular flexibility index (Phi) is 6.30. The topological polar surface area (TPSA) is 94.8 Å². The van der Waals surface area contributed by atoms with Crippen LogP contribution in [-0.4, -0.2) is 68.9 Å². The van der Waals surface area contributed by atoms with Crippen LogP contribution >= 0.6 is 0 Å². The van der Waals surface area contributed by atoms with Crippen LogP contribution in [0.5, 0.6) is 0 Å². The van der Waals surface area contributed by atoms with Gasteiger partial charge in [0.15, 0.2) is 5.82 Å². The van der Waals surface area contributed by atoms with Crippen LogP contribution in [0.25, 0.3) is 11.5 Å². The number of carbonyl (C=O) groups excluding carboxylic acids is 1. The first-order chi connectivity index (χ1) is 14.3. The summed E-state index contributed by atoms with van der Waals surface area (Å²) in [6, 6.07) is 7.38. The van der Waals surface area contributed by atoms with Gasteiger partial charge in [0.1, 0.15) is 12.2 Å². The predicted octanol–water partition coefficient (Wildman–Crippen LogP) is 3.72. The summed E-state index contributed by atoms with van der Waals surface area (Å²) in [5.41, 5.74) is 0.231. The molecule has 1 saturated heterocycles. The van der Waals surface area contributed by atoms with Crippen LogP contribution in [0.4, 0.5) is 4.79 Å². The molecular formula is C22H33N3O5S. The van der Waals surface area contributed by atoms with Crippen molar-refractivity contribution in [3.63, 3.8) is 0 Å². The van der Waals surface area contributed by atoms with Gasteiger partial charge in [-0.3, -0.25) is 4.21 Å². The zero-order valence-electron chi connectivity index (χ0n) is 19.2. The lowest BCUT2D eigenvalue weighted by atomic mass is 10.1. The third-order valence-corrected chi connectivity index (χ3v) is 6.75. The van der Waals surface area contributed by atoms with E-state index in [9.17, 15) is 9.00 Å². The first-order valence-electron chi connectivity index (χ1n) is 10.4. The molecule has 2 heterocycles. The fourth-order valence-electron chi connectivity index (χ4n) is 3.22. The molecule has 0 atom stereocenters. The first kappa shape index (κ1) is 23.4. The Morgan fingerprint density at radius 3 is 2.52 bits per heavy atom. The molecule has 0 unspecified atom stereocenters. The summed E-state index contributed by atoms with van der Waals surface area (Å²) in [6.07, 6.45) is 6.44. The number of nitrogens with zero attached hydrogens (tertiary/aromatic N) is 3. The minimum atomic E-state index is -2.87. The Morgan fingerprint density at radius 2 is 1.90 bits per heavy atom. The number of rotatable bonds is 5. The zero-order chi connectivity index (χ0) is 22.9. The summed E-state index contributed by atoms with van der Waals surface area (Å²) in [7, 11) is -2.87. The lowest BCUT2D eigenvalue weighted by Gasteiger charge is -2.33. The number of aromatic nitrogens is 2. The van der Waals surface area contributed by atoms with Crippen molar-refractivity contribution in [1.82, 2.24) is 15.0 Å². The highest BCUT2D eigenvalue weighted by Crippen LogP contribution is 2.30. The molecule has 3 rings (SSSR count). The van der Waals surface area contributed by atoms with Crippen molar-refractivity contribution in [2.75, 3.05) is 31.9 Å². The number of benzene rings is 1. The van der Waals surface area contributed by atoms with Gasteiger partial charge < -0.3 is 18.9 Å². The molecule has 31 heavy (non-hydrogen) atoms. The lowest BCUT2D eigenvalue weighted by Crippen LogP contribution is -2.43. The van der Waals surface area contributed by atoms with Gasteiger partial charge in [-0.05, 0) is 70.6 Å². The van der Waals surface area contributed by atoms with Crippen molar-refractivity contribution in [3.8, 4) is 11.5 Å². The van der Waals surface area contributed by atoms with Gasteiger partial charge in [-0.25, -0.2) is 4.79 Å². The molecule has 1 fully saturated rings. The van der Waals surface area contributed by atoms with Crippen molar-refractivity contribution in [3.05, 3.63) is 30.1 Å². The van der Waals surface area contributed by atoms with Crippen molar-refractivity contribution in [1.29, 1.82) is 0 Å². The second-order valence-corrected chi connectivity index (χ2v) is 15.3. The van der Waals surface area contributed by atoms with Gasteiger partial charge in [0, 0.05) is 23.5 Å². The van der Waals surface area contributed by atoms with Crippen molar-refractivity contribution >= 4 is 15.2 Å². The summed E-state index contributed by atoms with van der Waals surface area (Å²) in [5.74, 6) is 0.828. The Bertz CT molecular complexity index is 986. The molecule has 1 aliphatic heterocycles. The molecule has 172 valence electrons. The molecule has 8 nitrogen and oxygen atoms in total. The Labute approximate surface area is 183 Å². The third kappa shape index (κ3) is 6.61. The molecule has 0 aliphatic carbocycles. The highest BCUT2D eigenvalue weighted by atomic mass is 32.3. The molecule has 0 bridgehead atoms. The molecular weight excluding hydrogens is 418 g/mol. The smallest absolute Gasteiger partial charge is 0.410 e. The standard InChI is InChI=1S/C22H33N3O5S/c1-22(2,3)29-21(26)25-12-10-17(11-13-25)28-15-19-23-20(30-24-19)16-8-7-9-18(14-16)31(4,5,6)27/h7-9,14,17H,10-13,15H2,1-6H3. The maximum absolute atomic E-state index is 12.9. The quantitative estimate of drug-likeness (QED) is 0.684. The summed E-state index contributed by atoms with van der Waals surface area (Å²) >= 11 is 0. The predicted molar refractivity (Wildman–Crippen MR) is 120 cm³/mol. The van der Waals surface area contributed by atoms with Crippen molar-refractivity contribution in [2.45, 2.75) is 56.8 Å². The average Bonchev–Trinajstić information content (AvgIpc) is 3.13. The number of carbonyl (C=O) groups is 1. The van der Waals surface area contributed by atoms with Crippen LogP contribution in [-0.2, 0) is 25.1 Å². The summed E-state index contributed by atoms with van der Waals surface area (Å²) in [5, 5.41) is 4.00. The number of piperidine rings is 1. The van der Waals surface area contributed by atoms with Gasteiger partial charge >= 0.3 is 6.09 Å². The monoisotopic (exact) mass is 451 g/mol. The van der Waals surface area contributed by atoms with Crippen LogP contribution in [0.1, 0.15) is 39.4 Å². The largest absolute Gasteiger partial charge is 0.444 e. The Hall–Kier alpha value is -2.26. The van der Waals surface area contributed by atoms with E-state index in [0.717, 1.165) is 23.3 Å². The average molecular weight is 452 g/mol. The maximum atomic E-state index is 12.9. The minimum absolute atomic E-state index is 0.0230. The van der Waals surface area contributed by atoms with E-state index >= 15 is 0 Å². The minimum Gasteiger partial charge on any atom is -0.444 e. The van der Waals surface area contributed by atoms with E-state index in [1.165, 1.54) is 0 Å². The summed E-state index contributed by atoms with van der Waals surface area (Å²) in [4.78, 5) is 19.0. The van der Waals surface area contributed by atoms with E-state index < -0.39 is 14.7 Å². The molecule has 9 heteroatoms. The molecule has 0 radical (unpaired) electrons. The molecule has 2 aromatic rings. The second kappa shape index (κ2) is 8.35. The van der Waals surface area contributed by atoms with Crippen molar-refractivity contribution < 1.29 is 23.0 Å². The van der Waals surface area contributed by atoms with Crippen LogP contribution < -0.4 is 0 Å². The number of hydrogen-bond donors (Lipinski definition) is 0. The molecule has 0 spiro atoms. The fourth-order valence-corrected chi connectivity index (χ4v) is 4.29. The van der Waals surface area contributed by atoms with Gasteiger partial charge in [-0.2, -0.15) is 4.98 Å². The van der Waals surface area contributed by atoms with E-state index in [-0.39, 0.29) is 18.8 Å². The molecule has 0 N–H and O–H groups in total. The SMILES string of the molecule is CC(C)(C)OC(=O)N1CCC(OCc2noc(-c3cccc(S(C)(C)(C)=O)c3)n2)CC1. The lowest BCUT2D eigenvalue weighted by molar-refractivity contribution is -0.0190. The van der Waals surface area contributed by atoms with Crippen LogP contribution in [0.15, 0.2) is 33.7 Å². The van der Waals surface area contributed by atoms with Gasteiger partial charge in [-0.15, -0.1) is 0 Å². The van der Waals surface area contributed by atoms with E-state index in [2.05, 4.69) is 10.1 Å². The zero-order valence-corrected chi connectivity index (χ0v) is 20.0. The van der Waals surface area contributed by atoms with Crippen LogP contribution in [0.2, 0.25) is 0 Å². The fraction of sp³-hybridized carbons (Fsp3) is 0.591. The number of hydrogen-bond acceptors (Lipinski definition) is 7. The van der Waals surface area contributed by atoms with Crippen molar-refractivity contribution in [2.24, 2.45) is 0 Å². The molecule has 1 amide bonds. The third-order valence-electron chi connectivity index (χ3n) is 4.89. The number of likely N-dealkylation sites (tertiary alicyclic amines) is 1. The highest BCUT2D eigenvalue weighted by molar-refractivity contribution is 8.18. The molecule has 0 saturated carbocycles. The van der Waals surface area contributed by atoms with E-state index in [0.29, 0.717) is 24.8 Å². The maximum Gasteiger partial charge on any atom is 0.410 e. The number of amides is 1. The highest BCUT2D eigenvalue weighted by Gasteiger charge is 2.27. The van der Waals surface area contributed by atoms with E-state index in [1.807, 2.05) is 45.0 Å². The van der Waals surface area contributed by atoms with Crippen LogP contribution in [0, 0.1) is 0 Å². The summed E-state index contributed by atoms with van der Waals surface area (Å²) in [6.45, 7) is 7.00. The van der Waals surface area contributed by atoms with Crippen LogP contribution in [0.3, 0.4) is 0 Å².